The zero-order valence-corrected chi connectivity index (χ0v) is 18.2. The number of rotatable bonds is 9. The van der Waals surface area contributed by atoms with Crippen LogP contribution in [0.4, 0.5) is 18.9 Å². The molecule has 0 fully saturated rings. The summed E-state index contributed by atoms with van der Waals surface area (Å²) in [6.45, 7) is 3.83. The number of carbonyl (C=O) groups is 2. The van der Waals surface area contributed by atoms with Gasteiger partial charge in [-0.15, -0.1) is 13.2 Å². The van der Waals surface area contributed by atoms with E-state index in [9.17, 15) is 22.8 Å². The highest BCUT2D eigenvalue weighted by Crippen LogP contribution is 2.32. The third kappa shape index (κ3) is 6.04. The molecule has 0 aromatic heterocycles. The van der Waals surface area contributed by atoms with Crippen LogP contribution in [0.3, 0.4) is 0 Å². The second-order valence-electron chi connectivity index (χ2n) is 7.36. The van der Waals surface area contributed by atoms with Gasteiger partial charge in [-0.05, 0) is 43.7 Å². The Morgan fingerprint density at radius 2 is 1.70 bits per heavy atom. The minimum Gasteiger partial charge on any atom is -0.497 e. The third-order valence-electron chi connectivity index (χ3n) is 4.65. The molecule has 0 unspecified atom stereocenters. The van der Waals surface area contributed by atoms with E-state index in [0.29, 0.717) is 11.3 Å². The van der Waals surface area contributed by atoms with E-state index in [1.54, 1.807) is 24.3 Å². The molecular weight excluding hydrogens is 441 g/mol. The fourth-order valence-corrected chi connectivity index (χ4v) is 3.22. The number of ether oxygens (including phenoxy) is 3. The van der Waals surface area contributed by atoms with Crippen molar-refractivity contribution in [2.45, 2.75) is 26.3 Å². The van der Waals surface area contributed by atoms with E-state index in [1.807, 2.05) is 13.8 Å². The lowest BCUT2D eigenvalue weighted by molar-refractivity contribution is -0.274. The quantitative estimate of drug-likeness (QED) is 0.561. The predicted octanol–water partition coefficient (Wildman–Crippen LogP) is 4.21. The minimum absolute atomic E-state index is 0.0257. The first kappa shape index (κ1) is 24.1. The number of carbonyl (C=O) groups excluding carboxylic acids is 2. The van der Waals surface area contributed by atoms with Gasteiger partial charge in [0.15, 0.2) is 0 Å². The first-order chi connectivity index (χ1) is 15.6. The molecule has 0 bridgehead atoms. The Morgan fingerprint density at radius 3 is 2.30 bits per heavy atom. The number of anilines is 1. The Morgan fingerprint density at radius 1 is 1.00 bits per heavy atom. The van der Waals surface area contributed by atoms with Crippen molar-refractivity contribution in [1.82, 2.24) is 4.90 Å². The number of halogens is 3. The van der Waals surface area contributed by atoms with Crippen molar-refractivity contribution in [2.75, 3.05) is 25.6 Å². The molecule has 3 rings (SSSR count). The zero-order valence-electron chi connectivity index (χ0n) is 18.2. The maximum Gasteiger partial charge on any atom is 0.573 e. The molecule has 0 aliphatic carbocycles. The van der Waals surface area contributed by atoms with Crippen LogP contribution in [0.5, 0.6) is 11.5 Å². The second-order valence-corrected chi connectivity index (χ2v) is 7.36. The topological polar surface area (TPSA) is 77.1 Å². The van der Waals surface area contributed by atoms with Crippen LogP contribution < -0.4 is 14.8 Å². The van der Waals surface area contributed by atoms with Gasteiger partial charge < -0.3 is 19.5 Å². The van der Waals surface area contributed by atoms with Gasteiger partial charge in [0.05, 0.1) is 31.9 Å². The summed E-state index contributed by atoms with van der Waals surface area (Å²) in [6.07, 6.45) is -4.95. The van der Waals surface area contributed by atoms with Crippen molar-refractivity contribution in [3.8, 4) is 11.5 Å². The predicted molar refractivity (Wildman–Crippen MR) is 114 cm³/mol. The number of nitrogens with one attached hydrogen (secondary N) is 1. The molecule has 2 aromatic rings. The number of amides is 2. The minimum atomic E-state index is -4.86. The number of hydrogen-bond donors (Lipinski definition) is 1. The van der Waals surface area contributed by atoms with E-state index in [4.69, 9.17) is 9.47 Å². The van der Waals surface area contributed by atoms with Crippen LogP contribution in [0.1, 0.15) is 19.4 Å². The molecule has 176 valence electrons. The highest BCUT2D eigenvalue weighted by Gasteiger charge is 2.39. The second kappa shape index (κ2) is 9.95. The van der Waals surface area contributed by atoms with Gasteiger partial charge in [-0.2, -0.15) is 0 Å². The van der Waals surface area contributed by atoms with Gasteiger partial charge in [-0.3, -0.25) is 14.5 Å². The van der Waals surface area contributed by atoms with Crippen LogP contribution in [0.15, 0.2) is 54.2 Å². The smallest absolute Gasteiger partial charge is 0.497 e. The number of nitrogens with zero attached hydrogens (tertiary/aromatic N) is 1. The van der Waals surface area contributed by atoms with E-state index in [0.717, 1.165) is 17.0 Å². The summed E-state index contributed by atoms with van der Waals surface area (Å²) in [5.74, 6) is -1.05. The monoisotopic (exact) mass is 464 g/mol. The third-order valence-corrected chi connectivity index (χ3v) is 4.65. The van der Waals surface area contributed by atoms with Crippen LogP contribution >= 0.6 is 0 Å². The van der Waals surface area contributed by atoms with Gasteiger partial charge in [0, 0.05) is 11.8 Å². The largest absolute Gasteiger partial charge is 0.573 e. The zero-order chi connectivity index (χ0) is 24.2. The first-order valence-electron chi connectivity index (χ1n) is 10.1. The SMILES string of the molecule is COc1ccc(C2=C(Nc3cccc(OC(F)(F)F)c3)C(=O)N(CCOC(C)C)C2=O)cc1. The lowest BCUT2D eigenvalue weighted by atomic mass is 10.0. The molecule has 1 heterocycles. The maximum absolute atomic E-state index is 13.1. The molecule has 0 saturated heterocycles. The Bertz CT molecular complexity index is 1050. The Balaban J connectivity index is 1.95. The summed E-state index contributed by atoms with van der Waals surface area (Å²) in [4.78, 5) is 27.3. The highest BCUT2D eigenvalue weighted by molar-refractivity contribution is 6.36. The summed E-state index contributed by atoms with van der Waals surface area (Å²) < 4.78 is 52.3. The van der Waals surface area contributed by atoms with E-state index in [2.05, 4.69) is 10.1 Å². The van der Waals surface area contributed by atoms with Crippen molar-refractivity contribution in [2.24, 2.45) is 0 Å². The van der Waals surface area contributed by atoms with Crippen molar-refractivity contribution >= 4 is 23.1 Å². The molecule has 7 nitrogen and oxygen atoms in total. The van der Waals surface area contributed by atoms with E-state index in [-0.39, 0.29) is 36.2 Å². The van der Waals surface area contributed by atoms with Gasteiger partial charge >= 0.3 is 6.36 Å². The highest BCUT2D eigenvalue weighted by atomic mass is 19.4. The average Bonchev–Trinajstić information content (AvgIpc) is 2.97. The molecule has 0 atom stereocenters. The summed E-state index contributed by atoms with van der Waals surface area (Å²) in [5, 5.41) is 2.80. The van der Waals surface area contributed by atoms with Gasteiger partial charge in [-0.1, -0.05) is 18.2 Å². The summed E-state index contributed by atoms with van der Waals surface area (Å²) >= 11 is 0. The van der Waals surface area contributed by atoms with Crippen LogP contribution in [0.25, 0.3) is 5.57 Å². The molecule has 10 heteroatoms. The van der Waals surface area contributed by atoms with Crippen molar-refractivity contribution < 1.29 is 37.0 Å². The van der Waals surface area contributed by atoms with E-state index < -0.39 is 23.9 Å². The molecule has 2 aromatic carbocycles. The van der Waals surface area contributed by atoms with Crippen LogP contribution in [0.2, 0.25) is 0 Å². The van der Waals surface area contributed by atoms with Gasteiger partial charge in [-0.25, -0.2) is 0 Å². The number of methoxy groups -OCH3 is 1. The summed E-state index contributed by atoms with van der Waals surface area (Å²) in [5.41, 5.74) is 0.638. The standard InChI is InChI=1S/C23H23F3N2O5/c1-14(2)32-12-11-28-21(29)19(15-7-9-17(31-3)10-8-15)20(22(28)30)27-16-5-4-6-18(13-16)33-23(24,25)26/h4-10,13-14,27H,11-12H2,1-3H3. The van der Waals surface area contributed by atoms with Crippen molar-refractivity contribution in [1.29, 1.82) is 0 Å². The van der Waals surface area contributed by atoms with E-state index >= 15 is 0 Å². The molecule has 1 aliphatic heterocycles. The molecule has 0 saturated carbocycles. The maximum atomic E-state index is 13.1. The van der Waals surface area contributed by atoms with E-state index in [1.165, 1.54) is 19.2 Å². The van der Waals surface area contributed by atoms with Crippen molar-refractivity contribution in [3.63, 3.8) is 0 Å². The van der Waals surface area contributed by atoms with Gasteiger partial charge in [0.1, 0.15) is 17.2 Å². The molecule has 0 radical (unpaired) electrons. The average molecular weight is 464 g/mol. The lowest BCUT2D eigenvalue weighted by Crippen LogP contribution is -2.35. The number of imide groups is 1. The first-order valence-corrected chi connectivity index (χ1v) is 10.1. The lowest BCUT2D eigenvalue weighted by Gasteiger charge is -2.16. The normalized spacial score (nSPS) is 14.3. The molecule has 2 amide bonds. The summed E-state index contributed by atoms with van der Waals surface area (Å²) in [6, 6.07) is 11.6. The molecule has 1 aliphatic rings. The number of hydrogen-bond acceptors (Lipinski definition) is 6. The Hall–Kier alpha value is -3.53. The fourth-order valence-electron chi connectivity index (χ4n) is 3.22. The van der Waals surface area contributed by atoms with Gasteiger partial charge in [0.25, 0.3) is 11.8 Å². The number of alkyl halides is 3. The fraction of sp³-hybridized carbons (Fsp3) is 0.304. The molecule has 0 spiro atoms. The van der Waals surface area contributed by atoms with Crippen LogP contribution in [-0.4, -0.2) is 49.4 Å². The molecular formula is C23H23F3N2O5. The van der Waals surface area contributed by atoms with Gasteiger partial charge in [0.2, 0.25) is 0 Å². The Kier molecular flexibility index (Phi) is 7.27. The summed E-state index contributed by atoms with van der Waals surface area (Å²) in [7, 11) is 1.50. The number of benzene rings is 2. The Labute approximate surface area is 188 Å². The molecule has 1 N–H and O–H groups in total. The molecule has 33 heavy (non-hydrogen) atoms. The van der Waals surface area contributed by atoms with Crippen molar-refractivity contribution in [3.05, 3.63) is 59.8 Å². The van der Waals surface area contributed by atoms with Crippen LogP contribution in [-0.2, 0) is 14.3 Å². The van der Waals surface area contributed by atoms with Crippen LogP contribution in [0, 0.1) is 0 Å².